The highest BCUT2D eigenvalue weighted by molar-refractivity contribution is 14.0. The van der Waals surface area contributed by atoms with Gasteiger partial charge in [-0.3, -0.25) is 4.99 Å². The van der Waals surface area contributed by atoms with Crippen LogP contribution in [0.4, 0.5) is 4.39 Å². The molecule has 2 aromatic rings. The zero-order valence-corrected chi connectivity index (χ0v) is 19.8. The molecule has 2 aromatic carbocycles. The quantitative estimate of drug-likeness (QED) is 0.318. The molecule has 0 fully saturated rings. The Bertz CT molecular complexity index is 806. The second-order valence-corrected chi connectivity index (χ2v) is 6.20. The number of halogens is 2. The molecule has 0 aliphatic carbocycles. The maximum Gasteiger partial charge on any atom is 0.191 e. The highest BCUT2D eigenvalue weighted by atomic mass is 127. The number of ether oxygens (including phenoxy) is 3. The molecule has 0 saturated heterocycles. The molecule has 0 aliphatic rings. The van der Waals surface area contributed by atoms with Crippen molar-refractivity contribution < 1.29 is 18.6 Å². The molecule has 8 heteroatoms. The van der Waals surface area contributed by atoms with Crippen LogP contribution in [0.2, 0.25) is 0 Å². The van der Waals surface area contributed by atoms with Crippen molar-refractivity contribution in [1.82, 2.24) is 10.6 Å². The molecule has 0 amide bonds. The van der Waals surface area contributed by atoms with E-state index in [9.17, 15) is 4.39 Å². The third kappa shape index (κ3) is 6.95. The van der Waals surface area contributed by atoms with E-state index >= 15 is 0 Å². The van der Waals surface area contributed by atoms with Crippen LogP contribution in [-0.4, -0.2) is 40.9 Å². The molecule has 0 saturated carbocycles. The summed E-state index contributed by atoms with van der Waals surface area (Å²) in [5.41, 5.74) is 2.42. The van der Waals surface area contributed by atoms with Crippen LogP contribution in [0.3, 0.4) is 0 Å². The number of guanidine groups is 1. The molecule has 0 spiro atoms. The smallest absolute Gasteiger partial charge is 0.191 e. The van der Waals surface area contributed by atoms with Gasteiger partial charge in [0, 0.05) is 37.8 Å². The second kappa shape index (κ2) is 12.4. The SMILES string of the molecule is CN=C(NCCc1c(OC)cc(OC)cc1OC)NCc1ccc(C)c(F)c1.I. The maximum absolute atomic E-state index is 13.7. The van der Waals surface area contributed by atoms with Gasteiger partial charge in [-0.2, -0.15) is 0 Å². The highest BCUT2D eigenvalue weighted by Gasteiger charge is 2.13. The summed E-state index contributed by atoms with van der Waals surface area (Å²) in [6.07, 6.45) is 0.663. The summed E-state index contributed by atoms with van der Waals surface area (Å²) in [6.45, 7) is 2.84. The van der Waals surface area contributed by atoms with Gasteiger partial charge in [0.05, 0.1) is 21.3 Å². The highest BCUT2D eigenvalue weighted by Crippen LogP contribution is 2.34. The Kier molecular flexibility index (Phi) is 10.6. The van der Waals surface area contributed by atoms with Gasteiger partial charge in [-0.05, 0) is 30.5 Å². The van der Waals surface area contributed by atoms with Crippen LogP contribution in [0.1, 0.15) is 16.7 Å². The summed E-state index contributed by atoms with van der Waals surface area (Å²) in [5, 5.41) is 6.43. The van der Waals surface area contributed by atoms with Crippen molar-refractivity contribution in [3.8, 4) is 17.2 Å². The number of aryl methyl sites for hydroxylation is 1. The predicted octanol–water partition coefficient (Wildman–Crippen LogP) is 3.69. The van der Waals surface area contributed by atoms with Crippen molar-refractivity contribution in [2.45, 2.75) is 19.9 Å². The Balaban J connectivity index is 0.00000420. The third-order valence-corrected chi connectivity index (χ3v) is 4.40. The standard InChI is InChI=1S/C21H28FN3O3.HI/c1-14-6-7-15(10-18(14)22)13-25-21(23-2)24-9-8-17-19(27-4)11-16(26-3)12-20(17)28-5;/h6-7,10-12H,8-9,13H2,1-5H3,(H2,23,24,25);1H. The zero-order chi connectivity index (χ0) is 20.5. The maximum atomic E-state index is 13.7. The van der Waals surface area contributed by atoms with E-state index in [1.165, 1.54) is 6.07 Å². The van der Waals surface area contributed by atoms with Crippen LogP contribution in [0.5, 0.6) is 17.2 Å². The van der Waals surface area contributed by atoms with Crippen LogP contribution < -0.4 is 24.8 Å². The van der Waals surface area contributed by atoms with Crippen LogP contribution in [0.15, 0.2) is 35.3 Å². The lowest BCUT2D eigenvalue weighted by Crippen LogP contribution is -2.37. The summed E-state index contributed by atoms with van der Waals surface area (Å²) in [4.78, 5) is 4.21. The zero-order valence-electron chi connectivity index (χ0n) is 17.5. The van der Waals surface area contributed by atoms with Gasteiger partial charge < -0.3 is 24.8 Å². The second-order valence-electron chi connectivity index (χ2n) is 6.20. The van der Waals surface area contributed by atoms with E-state index in [4.69, 9.17) is 14.2 Å². The minimum Gasteiger partial charge on any atom is -0.496 e. The first kappa shape index (κ1) is 24.8. The average molecular weight is 517 g/mol. The third-order valence-electron chi connectivity index (χ3n) is 4.40. The Labute approximate surface area is 188 Å². The average Bonchev–Trinajstić information content (AvgIpc) is 2.72. The van der Waals surface area contributed by atoms with E-state index in [2.05, 4.69) is 15.6 Å². The molecule has 6 nitrogen and oxygen atoms in total. The molecule has 0 heterocycles. The minimum atomic E-state index is -0.207. The Hall–Kier alpha value is -2.23. The first-order valence-corrected chi connectivity index (χ1v) is 9.00. The molecule has 160 valence electrons. The molecule has 0 aliphatic heterocycles. The summed E-state index contributed by atoms with van der Waals surface area (Å²) in [5.74, 6) is 2.51. The minimum absolute atomic E-state index is 0. The summed E-state index contributed by atoms with van der Waals surface area (Å²) >= 11 is 0. The van der Waals surface area contributed by atoms with Gasteiger partial charge in [0.2, 0.25) is 0 Å². The molecular weight excluding hydrogens is 488 g/mol. The number of nitrogens with zero attached hydrogens (tertiary/aromatic N) is 1. The molecule has 2 N–H and O–H groups in total. The van der Waals surface area contributed by atoms with Crippen molar-refractivity contribution in [2.75, 3.05) is 34.9 Å². The van der Waals surface area contributed by atoms with Crippen LogP contribution in [0.25, 0.3) is 0 Å². The monoisotopic (exact) mass is 517 g/mol. The van der Waals surface area contributed by atoms with E-state index in [-0.39, 0.29) is 29.8 Å². The van der Waals surface area contributed by atoms with Crippen LogP contribution >= 0.6 is 24.0 Å². The molecule has 0 aromatic heterocycles. The van der Waals surface area contributed by atoms with Gasteiger partial charge in [-0.1, -0.05) is 12.1 Å². The van der Waals surface area contributed by atoms with Crippen molar-refractivity contribution in [3.63, 3.8) is 0 Å². The number of nitrogens with one attached hydrogen (secondary N) is 2. The Morgan fingerprint density at radius 3 is 2.17 bits per heavy atom. The molecular formula is C21H29FIN3O3. The number of hydrogen-bond acceptors (Lipinski definition) is 4. The van der Waals surface area contributed by atoms with E-state index in [1.54, 1.807) is 41.4 Å². The van der Waals surface area contributed by atoms with E-state index < -0.39 is 0 Å². The number of rotatable bonds is 8. The summed E-state index contributed by atoms with van der Waals surface area (Å²) in [7, 11) is 6.53. The number of aliphatic imine (C=N–C) groups is 1. The summed E-state index contributed by atoms with van der Waals surface area (Å²) in [6, 6.07) is 8.85. The first-order chi connectivity index (χ1) is 13.5. The van der Waals surface area contributed by atoms with Gasteiger partial charge >= 0.3 is 0 Å². The number of methoxy groups -OCH3 is 3. The topological polar surface area (TPSA) is 64.1 Å². The lowest BCUT2D eigenvalue weighted by Gasteiger charge is -2.16. The Morgan fingerprint density at radius 1 is 1.00 bits per heavy atom. The van der Waals surface area contributed by atoms with Crippen molar-refractivity contribution in [3.05, 3.63) is 52.8 Å². The van der Waals surface area contributed by atoms with E-state index in [0.29, 0.717) is 48.3 Å². The number of hydrogen-bond donors (Lipinski definition) is 2. The van der Waals surface area contributed by atoms with Crippen molar-refractivity contribution >= 4 is 29.9 Å². The number of benzene rings is 2. The first-order valence-electron chi connectivity index (χ1n) is 9.00. The van der Waals surface area contributed by atoms with Gasteiger partial charge in [0.25, 0.3) is 0 Å². The van der Waals surface area contributed by atoms with Crippen LogP contribution in [-0.2, 0) is 13.0 Å². The molecule has 0 unspecified atom stereocenters. The Morgan fingerprint density at radius 2 is 1.66 bits per heavy atom. The summed E-state index contributed by atoms with van der Waals surface area (Å²) < 4.78 is 29.9. The van der Waals surface area contributed by atoms with Crippen LogP contribution in [0, 0.1) is 12.7 Å². The largest absolute Gasteiger partial charge is 0.496 e. The lowest BCUT2D eigenvalue weighted by atomic mass is 10.1. The van der Waals surface area contributed by atoms with Gasteiger partial charge in [0.15, 0.2) is 5.96 Å². The molecule has 29 heavy (non-hydrogen) atoms. The normalized spacial score (nSPS) is 10.8. The molecule has 0 radical (unpaired) electrons. The van der Waals surface area contributed by atoms with E-state index in [1.807, 2.05) is 18.2 Å². The predicted molar refractivity (Wildman–Crippen MR) is 125 cm³/mol. The molecule has 0 atom stereocenters. The van der Waals surface area contributed by atoms with Crippen molar-refractivity contribution in [2.24, 2.45) is 4.99 Å². The van der Waals surface area contributed by atoms with Crippen molar-refractivity contribution in [1.29, 1.82) is 0 Å². The lowest BCUT2D eigenvalue weighted by molar-refractivity contribution is 0.368. The molecule has 0 bridgehead atoms. The fourth-order valence-electron chi connectivity index (χ4n) is 2.78. The fourth-order valence-corrected chi connectivity index (χ4v) is 2.78. The van der Waals surface area contributed by atoms with Gasteiger partial charge in [0.1, 0.15) is 23.1 Å². The fraction of sp³-hybridized carbons (Fsp3) is 0.381. The van der Waals surface area contributed by atoms with Gasteiger partial charge in [-0.25, -0.2) is 4.39 Å². The molecule has 2 rings (SSSR count). The van der Waals surface area contributed by atoms with E-state index in [0.717, 1.165) is 11.1 Å². The van der Waals surface area contributed by atoms with Gasteiger partial charge in [-0.15, -0.1) is 24.0 Å².